The van der Waals surface area contributed by atoms with Crippen LogP contribution in [0.2, 0.25) is 0 Å². The van der Waals surface area contributed by atoms with Crippen molar-refractivity contribution in [2.24, 2.45) is 0 Å². The van der Waals surface area contributed by atoms with Gasteiger partial charge in [-0.25, -0.2) is 18.0 Å². The molecule has 0 spiro atoms. The summed E-state index contributed by atoms with van der Waals surface area (Å²) >= 11 is 0. The standard InChI is InChI=1S/C21H19N3O6S/c1-30-18-11-10-14(20(25)26)12-19(18)31(28,29)24-17-9-5-8-16(13-17)23-21(27)22-15-6-3-2-4-7-15/h2-13,24H,1H3,(H,25,26)(H2,22,23,27). The van der Waals surface area contributed by atoms with Gasteiger partial charge in [0.1, 0.15) is 10.6 Å². The molecule has 0 saturated carbocycles. The summed E-state index contributed by atoms with van der Waals surface area (Å²) in [7, 11) is -2.89. The minimum atomic E-state index is -4.17. The molecule has 0 atom stereocenters. The number of amides is 2. The highest BCUT2D eigenvalue weighted by Crippen LogP contribution is 2.28. The van der Waals surface area contributed by atoms with Crippen molar-refractivity contribution >= 4 is 39.1 Å². The molecular weight excluding hydrogens is 422 g/mol. The molecule has 3 rings (SSSR count). The quantitative estimate of drug-likeness (QED) is 0.440. The third kappa shape index (κ3) is 5.52. The molecule has 4 N–H and O–H groups in total. The van der Waals surface area contributed by atoms with Gasteiger partial charge in [-0.2, -0.15) is 0 Å². The number of hydrogen-bond acceptors (Lipinski definition) is 5. The Labute approximate surface area is 178 Å². The third-order valence-corrected chi connectivity index (χ3v) is 5.51. The van der Waals surface area contributed by atoms with Crippen LogP contribution in [0.25, 0.3) is 0 Å². The normalized spacial score (nSPS) is 10.7. The number of hydrogen-bond donors (Lipinski definition) is 4. The fourth-order valence-corrected chi connectivity index (χ4v) is 3.95. The molecule has 3 aromatic carbocycles. The Hall–Kier alpha value is -4.05. The Morgan fingerprint density at radius 3 is 2.16 bits per heavy atom. The van der Waals surface area contributed by atoms with Crippen molar-refractivity contribution in [3.63, 3.8) is 0 Å². The molecule has 31 heavy (non-hydrogen) atoms. The van der Waals surface area contributed by atoms with Gasteiger partial charge < -0.3 is 20.5 Å². The van der Waals surface area contributed by atoms with Crippen LogP contribution < -0.4 is 20.1 Å². The number of carboxylic acids is 1. The van der Waals surface area contributed by atoms with Gasteiger partial charge in [-0.05, 0) is 48.5 Å². The highest BCUT2D eigenvalue weighted by molar-refractivity contribution is 7.92. The maximum atomic E-state index is 12.8. The zero-order valence-corrected chi connectivity index (χ0v) is 17.1. The van der Waals surface area contributed by atoms with Crippen molar-refractivity contribution in [3.05, 3.63) is 78.4 Å². The van der Waals surface area contributed by atoms with E-state index in [-0.39, 0.29) is 21.9 Å². The number of para-hydroxylation sites is 1. The first-order chi connectivity index (χ1) is 14.8. The van der Waals surface area contributed by atoms with Crippen molar-refractivity contribution < 1.29 is 27.9 Å². The lowest BCUT2D eigenvalue weighted by molar-refractivity contribution is 0.0696. The number of anilines is 3. The Morgan fingerprint density at radius 2 is 1.48 bits per heavy atom. The van der Waals surface area contributed by atoms with E-state index in [0.29, 0.717) is 11.4 Å². The lowest BCUT2D eigenvalue weighted by atomic mass is 10.2. The van der Waals surface area contributed by atoms with Crippen molar-refractivity contribution in [3.8, 4) is 5.75 Å². The molecule has 0 radical (unpaired) electrons. The molecule has 0 aliphatic heterocycles. The Balaban J connectivity index is 1.79. The zero-order valence-electron chi connectivity index (χ0n) is 16.3. The minimum absolute atomic E-state index is 0.00554. The molecule has 0 aliphatic rings. The SMILES string of the molecule is COc1ccc(C(=O)O)cc1S(=O)(=O)Nc1cccc(NC(=O)Nc2ccccc2)c1. The van der Waals surface area contributed by atoms with E-state index < -0.39 is 22.0 Å². The molecule has 0 bridgehead atoms. The molecule has 10 heteroatoms. The lowest BCUT2D eigenvalue weighted by Crippen LogP contribution is -2.19. The predicted octanol–water partition coefficient (Wildman–Crippen LogP) is 3.84. The Kier molecular flexibility index (Phi) is 6.41. The van der Waals surface area contributed by atoms with Gasteiger partial charge in [0, 0.05) is 11.4 Å². The molecule has 0 fully saturated rings. The fourth-order valence-electron chi connectivity index (χ4n) is 2.71. The lowest BCUT2D eigenvalue weighted by Gasteiger charge is -2.13. The van der Waals surface area contributed by atoms with Crippen molar-refractivity contribution in [1.29, 1.82) is 0 Å². The maximum absolute atomic E-state index is 12.8. The van der Waals surface area contributed by atoms with E-state index in [0.717, 1.165) is 6.07 Å². The van der Waals surface area contributed by atoms with E-state index in [1.807, 2.05) is 6.07 Å². The van der Waals surface area contributed by atoms with Gasteiger partial charge >= 0.3 is 12.0 Å². The summed E-state index contributed by atoms with van der Waals surface area (Å²) < 4.78 is 33.1. The average Bonchev–Trinajstić information content (AvgIpc) is 2.73. The molecule has 0 heterocycles. The van der Waals surface area contributed by atoms with E-state index >= 15 is 0 Å². The van der Waals surface area contributed by atoms with Gasteiger partial charge in [-0.15, -0.1) is 0 Å². The smallest absolute Gasteiger partial charge is 0.335 e. The van der Waals surface area contributed by atoms with Crippen LogP contribution in [0, 0.1) is 0 Å². The summed E-state index contributed by atoms with van der Waals surface area (Å²) in [6.45, 7) is 0. The highest BCUT2D eigenvalue weighted by Gasteiger charge is 2.22. The molecule has 2 amide bonds. The van der Waals surface area contributed by atoms with Crippen LogP contribution in [0.3, 0.4) is 0 Å². The molecular formula is C21H19N3O6S. The van der Waals surface area contributed by atoms with Gasteiger partial charge in [-0.1, -0.05) is 24.3 Å². The van der Waals surface area contributed by atoms with E-state index in [4.69, 9.17) is 9.84 Å². The maximum Gasteiger partial charge on any atom is 0.335 e. The first kappa shape index (κ1) is 21.7. The number of nitrogens with one attached hydrogen (secondary N) is 3. The zero-order chi connectivity index (χ0) is 22.4. The van der Waals surface area contributed by atoms with E-state index in [1.165, 1.54) is 31.4 Å². The number of sulfonamides is 1. The average molecular weight is 441 g/mol. The summed E-state index contributed by atoms with van der Waals surface area (Å²) in [6, 6.07) is 17.9. The minimum Gasteiger partial charge on any atom is -0.495 e. The van der Waals surface area contributed by atoms with E-state index in [2.05, 4.69) is 15.4 Å². The molecule has 0 aliphatic carbocycles. The number of aromatic carboxylic acids is 1. The van der Waals surface area contributed by atoms with Crippen LogP contribution in [0.1, 0.15) is 10.4 Å². The second-order valence-corrected chi connectivity index (χ2v) is 7.95. The van der Waals surface area contributed by atoms with E-state index in [9.17, 15) is 18.0 Å². The first-order valence-corrected chi connectivity index (χ1v) is 10.4. The number of urea groups is 1. The first-order valence-electron chi connectivity index (χ1n) is 8.96. The molecule has 9 nitrogen and oxygen atoms in total. The van der Waals surface area contributed by atoms with E-state index in [1.54, 1.807) is 36.4 Å². The van der Waals surface area contributed by atoms with Crippen molar-refractivity contribution in [1.82, 2.24) is 0 Å². The third-order valence-electron chi connectivity index (χ3n) is 4.10. The number of ether oxygens (including phenoxy) is 1. The monoisotopic (exact) mass is 441 g/mol. The topological polar surface area (TPSA) is 134 Å². The van der Waals surface area contributed by atoms with Gasteiger partial charge in [0.2, 0.25) is 0 Å². The number of methoxy groups -OCH3 is 1. The summed E-state index contributed by atoms with van der Waals surface area (Å²) in [5.41, 5.74) is 0.914. The summed E-state index contributed by atoms with van der Waals surface area (Å²) in [5, 5.41) is 14.4. The molecule has 0 unspecified atom stereocenters. The molecule has 3 aromatic rings. The Morgan fingerprint density at radius 1 is 0.839 bits per heavy atom. The second kappa shape index (κ2) is 9.18. The number of rotatable bonds is 7. The van der Waals surface area contributed by atoms with Crippen LogP contribution in [0.5, 0.6) is 5.75 Å². The van der Waals surface area contributed by atoms with Crippen LogP contribution in [0.15, 0.2) is 77.7 Å². The van der Waals surface area contributed by atoms with Crippen LogP contribution in [-0.4, -0.2) is 32.6 Å². The van der Waals surface area contributed by atoms with Gasteiger partial charge in [0.05, 0.1) is 18.4 Å². The van der Waals surface area contributed by atoms with Crippen LogP contribution >= 0.6 is 0 Å². The predicted molar refractivity (Wildman–Crippen MR) is 116 cm³/mol. The van der Waals surface area contributed by atoms with Crippen LogP contribution in [0.4, 0.5) is 21.9 Å². The number of carbonyl (C=O) groups is 2. The summed E-state index contributed by atoms with van der Waals surface area (Å²) in [5.74, 6) is -1.27. The number of benzene rings is 3. The Bertz CT molecular complexity index is 1210. The largest absolute Gasteiger partial charge is 0.495 e. The molecule has 160 valence electrons. The van der Waals surface area contributed by atoms with Gasteiger partial charge in [-0.3, -0.25) is 4.72 Å². The number of carbonyl (C=O) groups excluding carboxylic acids is 1. The van der Waals surface area contributed by atoms with Gasteiger partial charge in [0.15, 0.2) is 0 Å². The van der Waals surface area contributed by atoms with Crippen molar-refractivity contribution in [2.75, 3.05) is 22.5 Å². The summed E-state index contributed by atoms with van der Waals surface area (Å²) in [6.07, 6.45) is 0. The molecule has 0 saturated heterocycles. The molecule has 0 aromatic heterocycles. The summed E-state index contributed by atoms with van der Waals surface area (Å²) in [4.78, 5) is 23.0. The van der Waals surface area contributed by atoms with Crippen LogP contribution in [-0.2, 0) is 10.0 Å². The van der Waals surface area contributed by atoms with Gasteiger partial charge in [0.25, 0.3) is 10.0 Å². The highest BCUT2D eigenvalue weighted by atomic mass is 32.2. The fraction of sp³-hybridized carbons (Fsp3) is 0.0476. The second-order valence-electron chi connectivity index (χ2n) is 6.30. The van der Waals surface area contributed by atoms with Crippen molar-refractivity contribution in [2.45, 2.75) is 4.90 Å². The number of carboxylic acid groups (broad SMARTS) is 1.